The third kappa shape index (κ3) is 21.0. The Morgan fingerprint density at radius 3 is 1.80 bits per heavy atom. The number of ether oxygens (including phenoxy) is 3. The average Bonchev–Trinajstić information content (AvgIpc) is 1.56. The van der Waals surface area contributed by atoms with E-state index >= 15 is 0 Å². The summed E-state index contributed by atoms with van der Waals surface area (Å²) >= 11 is 31.8. The van der Waals surface area contributed by atoms with Crippen molar-refractivity contribution >= 4 is 148 Å². The molecule has 577 valence electrons. The second-order valence-corrected chi connectivity index (χ2v) is 28.8. The molecule has 3 aliphatic heterocycles. The number of carbonyl (C=O) groups excluding carboxylic acids is 6. The fraction of sp³-hybridized carbons (Fsp3) is 0.333. The van der Waals surface area contributed by atoms with Gasteiger partial charge in [-0.2, -0.15) is 15.0 Å². The van der Waals surface area contributed by atoms with Crippen molar-refractivity contribution in [3.05, 3.63) is 238 Å². The number of hydrogen-bond acceptors (Lipinski definition) is 22. The Balaban J connectivity index is 0.000000189. The number of nitrogens with one attached hydrogen (secondary N) is 1. The van der Waals surface area contributed by atoms with E-state index in [9.17, 15) is 38.9 Å². The Kier molecular flexibility index (Phi) is 31.3. The number of alkyl halides is 2. The topological polar surface area (TPSA) is 273 Å². The van der Waals surface area contributed by atoms with Gasteiger partial charge < -0.3 is 48.6 Å². The molecule has 3 amide bonds. The van der Waals surface area contributed by atoms with E-state index in [0.29, 0.717) is 95.4 Å². The summed E-state index contributed by atoms with van der Waals surface area (Å²) in [5, 5.41) is 22.0. The smallest absolute Gasteiger partial charge is 0.344 e. The molecule has 0 saturated carbocycles. The molecule has 2 fully saturated rings. The number of benzene rings is 6. The number of esters is 2. The van der Waals surface area contributed by atoms with Crippen LogP contribution in [-0.4, -0.2) is 197 Å². The summed E-state index contributed by atoms with van der Waals surface area (Å²) in [4.78, 5) is 113. The molecule has 3 aromatic heterocycles. The fourth-order valence-corrected chi connectivity index (χ4v) is 14.7. The summed E-state index contributed by atoms with van der Waals surface area (Å²) in [5.41, 5.74) is 6.47. The van der Waals surface area contributed by atoms with Crippen molar-refractivity contribution < 1.29 is 52.4 Å². The quantitative estimate of drug-likeness (QED) is 0.0217. The Hall–Kier alpha value is -9.87. The first-order valence-corrected chi connectivity index (χ1v) is 37.6. The van der Waals surface area contributed by atoms with Gasteiger partial charge in [0.15, 0.2) is 5.78 Å². The largest absolute Gasteiger partial charge is 0.495 e. The second-order valence-electron chi connectivity index (χ2n) is 26.0. The number of ketones is 1. The van der Waals surface area contributed by atoms with Crippen LogP contribution in [0.2, 0.25) is 15.1 Å². The van der Waals surface area contributed by atoms with Gasteiger partial charge in [0.2, 0.25) is 41.1 Å². The Morgan fingerprint density at radius 1 is 0.709 bits per heavy atom. The zero-order valence-electron chi connectivity index (χ0n) is 62.3. The van der Waals surface area contributed by atoms with E-state index < -0.39 is 40.9 Å². The number of rotatable bonds is 22. The number of nitrogens with zero attached hydrogens (tertiary/aromatic N) is 12. The predicted octanol–water partition coefficient (Wildman–Crippen LogP) is 13.9. The van der Waals surface area contributed by atoms with Crippen LogP contribution in [0.5, 0.6) is 5.75 Å². The lowest BCUT2D eigenvalue weighted by Crippen LogP contribution is -2.57. The monoisotopic (exact) mass is 1610 g/mol. The zero-order valence-corrected chi connectivity index (χ0v) is 66.9. The highest BCUT2D eigenvalue weighted by Crippen LogP contribution is 2.50. The van der Waals surface area contributed by atoms with Gasteiger partial charge >= 0.3 is 17.6 Å². The van der Waals surface area contributed by atoms with E-state index in [2.05, 4.69) is 30.3 Å². The third-order valence-electron chi connectivity index (χ3n) is 18.4. The van der Waals surface area contributed by atoms with Crippen LogP contribution in [0.4, 0.5) is 34.9 Å². The van der Waals surface area contributed by atoms with Crippen molar-refractivity contribution in [1.29, 1.82) is 0 Å². The van der Waals surface area contributed by atoms with Crippen LogP contribution in [0.25, 0.3) is 0 Å². The van der Waals surface area contributed by atoms with Crippen LogP contribution in [0.15, 0.2) is 168 Å². The Morgan fingerprint density at radius 2 is 1.29 bits per heavy atom. The average molecular weight is 1620 g/mol. The first-order valence-electron chi connectivity index (χ1n) is 34.5. The molecule has 25 nitrogen and oxygen atoms in total. The van der Waals surface area contributed by atoms with Gasteiger partial charge in [-0.25, -0.2) is 9.59 Å². The highest BCUT2D eigenvalue weighted by Gasteiger charge is 2.52. The molecule has 3 radical (unpaired) electrons. The number of para-hydroxylation sites is 1. The van der Waals surface area contributed by atoms with Crippen molar-refractivity contribution in [2.24, 2.45) is 0 Å². The zero-order chi connectivity index (χ0) is 78.8. The maximum absolute atomic E-state index is 13.4. The number of hydrogen-bond donors (Lipinski definition) is 1. The number of nitro groups is 1. The Labute approximate surface area is 670 Å². The first-order chi connectivity index (χ1) is 52.3. The van der Waals surface area contributed by atoms with Gasteiger partial charge in [0.1, 0.15) is 29.6 Å². The minimum absolute atomic E-state index is 0. The van der Waals surface area contributed by atoms with Crippen molar-refractivity contribution in [3.8, 4) is 5.75 Å². The molecule has 110 heavy (non-hydrogen) atoms. The van der Waals surface area contributed by atoms with Crippen LogP contribution in [-0.2, 0) is 35.1 Å². The van der Waals surface area contributed by atoms with E-state index in [1.165, 1.54) is 55.0 Å². The number of fused-ring (bicyclic) bond motifs is 3. The molecule has 6 heterocycles. The number of aromatic nitrogens is 4. The number of likely N-dealkylation sites (tertiary alicyclic amines) is 1. The first kappa shape index (κ1) is 85.7. The summed E-state index contributed by atoms with van der Waals surface area (Å²) in [7, 11) is 15.6. The molecular weight excluding hydrogens is 1530 g/mol. The van der Waals surface area contributed by atoms with Gasteiger partial charge in [0.25, 0.3) is 5.91 Å². The van der Waals surface area contributed by atoms with E-state index in [4.69, 9.17) is 76.7 Å². The van der Waals surface area contributed by atoms with Gasteiger partial charge in [-0.15, -0.1) is 34.5 Å². The summed E-state index contributed by atoms with van der Waals surface area (Å²) < 4.78 is 19.9. The number of amides is 3. The molecule has 6 aromatic carbocycles. The van der Waals surface area contributed by atoms with Gasteiger partial charge in [0.05, 0.1) is 55.0 Å². The molecular formula is C78H84BCl5N13O12S. The lowest BCUT2D eigenvalue weighted by Gasteiger charge is -2.47. The molecule has 3 aliphatic rings. The van der Waals surface area contributed by atoms with Crippen LogP contribution in [0, 0.1) is 17.0 Å². The van der Waals surface area contributed by atoms with Gasteiger partial charge in [-0.1, -0.05) is 131 Å². The number of piperazine rings is 1. The van der Waals surface area contributed by atoms with Crippen molar-refractivity contribution in [2.45, 2.75) is 68.7 Å². The maximum Gasteiger partial charge on any atom is 0.344 e. The SMILES string of the molecule is CN(C)c1nc(N(C)C)nc(N(C)C)n1.COC(=O)c1ccc([C@H]2C3Nc4ccccc4C3CC(C(=O)OC)N2C(=O)CCl)cc1.COc1ccc(N(C(=O)CCl)C(C(=O)CCCc2ccccc2)c2cccs2)cc1Cl.Cc1onc(C(=O)N2CCN(C(c3ccc(Cl)cc3)c3ccc(Cl)cc3)CC2)c1[N+](=O)[O-].[B]. The molecule has 0 spiro atoms. The third-order valence-corrected chi connectivity index (χ3v) is 20.6. The molecule has 4 unspecified atom stereocenters. The molecule has 1 N–H and O–H groups in total. The molecule has 0 aliphatic carbocycles. The van der Waals surface area contributed by atoms with E-state index in [1.807, 2.05) is 178 Å². The summed E-state index contributed by atoms with van der Waals surface area (Å²) in [6.07, 6.45) is 2.26. The number of Topliss-reactive ketones (excluding diaryl/α,β-unsaturated/α-hetero) is 1. The van der Waals surface area contributed by atoms with Crippen molar-refractivity contribution in [3.63, 3.8) is 0 Å². The van der Waals surface area contributed by atoms with Crippen LogP contribution >= 0.6 is 69.3 Å². The highest BCUT2D eigenvalue weighted by atomic mass is 35.5. The molecule has 9 aromatic rings. The molecule has 2 saturated heterocycles. The van der Waals surface area contributed by atoms with Crippen LogP contribution in [0.1, 0.15) is 103 Å². The lowest BCUT2D eigenvalue weighted by atomic mass is 9.77. The van der Waals surface area contributed by atoms with Crippen molar-refractivity contribution in [1.82, 2.24) is 34.8 Å². The van der Waals surface area contributed by atoms with E-state index in [1.54, 1.807) is 47.4 Å². The number of anilines is 5. The van der Waals surface area contributed by atoms with Crippen molar-refractivity contribution in [2.75, 3.05) is 126 Å². The minimum atomic E-state index is -0.768. The normalized spacial score (nSPS) is 15.7. The lowest BCUT2D eigenvalue weighted by molar-refractivity contribution is -0.386. The number of methoxy groups -OCH3 is 3. The molecule has 32 heteroatoms. The standard InChI is InChI=1S/C24H23Cl2NO3S.C23H23ClN2O5.C22H20Cl2N4O4.C9H18N6.B/c1-30-21-13-12-18(15-19(21)26)27(23(29)16-25)24(22-11-6-14-31-22)20(28)10-5-9-17-7-3-2-4-8-17;1-30-22(28)14-9-7-13(8-10-14)21-20-16(15-5-3-4-6-17(15)25-20)11-18(23(29)31-2)26(21)19(27)12-24;1-14-20(28(30)31)19(25-32-14)22(29)27-12-10-26(11-13-27)21(15-2-6-17(23)7-3-15)16-4-8-18(24)9-5-16;1-13(2)7-10-8(14(3)4)12-9(11-7)15(5)6;/h2-4,6-8,11-15,24H,5,9-10,16H2,1H3;3-10,16,18,20-21,25H,11-12H2,1-2H3;2-9,21H,10-13H2,1H3;1-6H3;/t;16?,18?,20?,21-;;;/m.0.../s1. The highest BCUT2D eigenvalue weighted by molar-refractivity contribution is 7.10. The second kappa shape index (κ2) is 40.2. The number of thiophene rings is 1. The van der Waals surface area contributed by atoms with Crippen LogP contribution in [0.3, 0.4) is 0 Å². The van der Waals surface area contributed by atoms with E-state index in [-0.39, 0.29) is 72.9 Å². The maximum atomic E-state index is 13.4. The summed E-state index contributed by atoms with van der Waals surface area (Å²) in [5.74, 6) is -0.167. The minimum Gasteiger partial charge on any atom is -0.495 e. The number of piperidine rings is 1. The Bertz CT molecular complexity index is 4490. The number of halogens is 5. The van der Waals surface area contributed by atoms with Gasteiger partial charge in [-0.05, 0) is 119 Å². The molecule has 12 rings (SSSR count). The summed E-state index contributed by atoms with van der Waals surface area (Å²) in [6, 6.07) is 46.8. The molecule has 5 atom stereocenters. The van der Waals surface area contributed by atoms with Crippen LogP contribution < -0.4 is 29.7 Å². The van der Waals surface area contributed by atoms with Gasteiger partial charge in [-0.3, -0.25) is 39.1 Å². The summed E-state index contributed by atoms with van der Waals surface area (Å²) in [6.45, 7) is 3.38. The number of aryl methyl sites for hydroxylation is 2. The van der Waals surface area contributed by atoms with E-state index in [0.717, 1.165) is 39.2 Å². The fourth-order valence-electron chi connectivity index (χ4n) is 13.1. The predicted molar refractivity (Wildman–Crippen MR) is 431 cm³/mol. The van der Waals surface area contributed by atoms with Gasteiger partial charge in [0, 0.05) is 122 Å². The molecule has 0 bridgehead atoms. The number of carbonyl (C=O) groups is 6.